The number of benzene rings is 1. The van der Waals surface area contributed by atoms with E-state index in [0.29, 0.717) is 0 Å². The second-order valence-electron chi connectivity index (χ2n) is 5.42. The summed E-state index contributed by atoms with van der Waals surface area (Å²) in [5.74, 6) is -0.154. The fourth-order valence-electron chi connectivity index (χ4n) is 2.40. The Hall–Kier alpha value is -2.04. The van der Waals surface area contributed by atoms with Gasteiger partial charge in [-0.3, -0.25) is 4.79 Å². The molecule has 0 spiro atoms. The molecule has 0 heterocycles. The molecule has 1 atom stereocenters. The number of ether oxygens (including phenoxy) is 1. The number of amides is 2. The van der Waals surface area contributed by atoms with E-state index in [-0.39, 0.29) is 18.6 Å². The zero-order valence-corrected chi connectivity index (χ0v) is 12.3. The van der Waals surface area contributed by atoms with Gasteiger partial charge in [-0.2, -0.15) is 0 Å². The first-order valence-corrected chi connectivity index (χ1v) is 7.43. The highest BCUT2D eigenvalue weighted by Gasteiger charge is 2.21. The predicted molar refractivity (Wildman–Crippen MR) is 79.6 cm³/mol. The molecule has 114 valence electrons. The summed E-state index contributed by atoms with van der Waals surface area (Å²) in [5, 5.41) is 5.50. The Labute approximate surface area is 125 Å². The van der Waals surface area contributed by atoms with Gasteiger partial charge in [0.2, 0.25) is 5.91 Å². The molecule has 1 aromatic rings. The average Bonchev–Trinajstić information content (AvgIpc) is 2.99. The van der Waals surface area contributed by atoms with Gasteiger partial charge < -0.3 is 15.4 Å². The van der Waals surface area contributed by atoms with E-state index in [9.17, 15) is 9.59 Å². The Bertz CT molecular complexity index is 470. The Balaban J connectivity index is 1.69. The topological polar surface area (TPSA) is 67.4 Å². The van der Waals surface area contributed by atoms with Crippen molar-refractivity contribution in [1.29, 1.82) is 0 Å². The standard InChI is InChI=1S/C16H22N2O3/c1-12(15(19)18-14-9-5-6-10-14)17-16(20)21-11-13-7-3-2-4-8-13/h2-4,7-8,12,14H,5-6,9-11H2,1H3,(H,17,20)(H,18,19)/t12-/m0/s1. The number of hydrogen-bond donors (Lipinski definition) is 2. The Morgan fingerprint density at radius 3 is 2.57 bits per heavy atom. The van der Waals surface area contributed by atoms with Gasteiger partial charge in [-0.15, -0.1) is 0 Å². The number of rotatable bonds is 5. The third-order valence-corrected chi connectivity index (χ3v) is 3.64. The molecule has 1 fully saturated rings. The molecule has 5 nitrogen and oxygen atoms in total. The van der Waals surface area contributed by atoms with Crippen molar-refractivity contribution in [2.24, 2.45) is 0 Å². The van der Waals surface area contributed by atoms with Crippen LogP contribution in [-0.2, 0) is 16.1 Å². The highest BCUT2D eigenvalue weighted by atomic mass is 16.5. The highest BCUT2D eigenvalue weighted by Crippen LogP contribution is 2.17. The molecule has 0 unspecified atom stereocenters. The maximum Gasteiger partial charge on any atom is 0.408 e. The van der Waals surface area contributed by atoms with Crippen molar-refractivity contribution < 1.29 is 14.3 Å². The minimum absolute atomic E-state index is 0.154. The summed E-state index contributed by atoms with van der Waals surface area (Å²) < 4.78 is 5.09. The Morgan fingerprint density at radius 2 is 1.90 bits per heavy atom. The van der Waals surface area contributed by atoms with Gasteiger partial charge in [-0.1, -0.05) is 43.2 Å². The summed E-state index contributed by atoms with van der Waals surface area (Å²) in [5.41, 5.74) is 0.913. The van der Waals surface area contributed by atoms with E-state index in [1.54, 1.807) is 6.92 Å². The number of carbonyl (C=O) groups excluding carboxylic acids is 2. The van der Waals surface area contributed by atoms with Crippen LogP contribution in [0.4, 0.5) is 4.79 Å². The lowest BCUT2D eigenvalue weighted by molar-refractivity contribution is -0.123. The Morgan fingerprint density at radius 1 is 1.24 bits per heavy atom. The first kappa shape index (κ1) is 15.4. The van der Waals surface area contributed by atoms with Crippen LogP contribution in [-0.4, -0.2) is 24.1 Å². The van der Waals surface area contributed by atoms with E-state index in [4.69, 9.17) is 4.74 Å². The van der Waals surface area contributed by atoms with Gasteiger partial charge in [0.05, 0.1) is 0 Å². The van der Waals surface area contributed by atoms with E-state index in [2.05, 4.69) is 10.6 Å². The van der Waals surface area contributed by atoms with Crippen molar-refractivity contribution in [3.05, 3.63) is 35.9 Å². The van der Waals surface area contributed by atoms with Gasteiger partial charge in [-0.05, 0) is 25.3 Å². The molecule has 2 N–H and O–H groups in total. The maximum absolute atomic E-state index is 11.9. The van der Waals surface area contributed by atoms with Crippen LogP contribution in [0.15, 0.2) is 30.3 Å². The van der Waals surface area contributed by atoms with Crippen molar-refractivity contribution in [1.82, 2.24) is 10.6 Å². The summed E-state index contributed by atoms with van der Waals surface area (Å²) in [6, 6.07) is 9.09. The first-order valence-electron chi connectivity index (χ1n) is 7.43. The molecule has 0 bridgehead atoms. The van der Waals surface area contributed by atoms with Crippen LogP contribution >= 0.6 is 0 Å². The smallest absolute Gasteiger partial charge is 0.408 e. The van der Waals surface area contributed by atoms with Crippen LogP contribution in [0.3, 0.4) is 0 Å². The summed E-state index contributed by atoms with van der Waals surface area (Å²) >= 11 is 0. The van der Waals surface area contributed by atoms with Crippen LogP contribution in [0.25, 0.3) is 0 Å². The summed E-state index contributed by atoms with van der Waals surface area (Å²) in [6.07, 6.45) is 3.79. The van der Waals surface area contributed by atoms with Crippen LogP contribution in [0.5, 0.6) is 0 Å². The minimum atomic E-state index is -0.589. The van der Waals surface area contributed by atoms with Gasteiger partial charge in [0.15, 0.2) is 0 Å². The number of nitrogens with one attached hydrogen (secondary N) is 2. The molecule has 2 rings (SSSR count). The van der Waals surface area contributed by atoms with Gasteiger partial charge in [0, 0.05) is 6.04 Å². The van der Waals surface area contributed by atoms with Crippen molar-refractivity contribution in [2.75, 3.05) is 0 Å². The molecule has 1 saturated carbocycles. The predicted octanol–water partition coefficient (Wildman–Crippen LogP) is 2.36. The molecular formula is C16H22N2O3. The van der Waals surface area contributed by atoms with Crippen molar-refractivity contribution in [3.8, 4) is 0 Å². The largest absolute Gasteiger partial charge is 0.445 e. The Kier molecular flexibility index (Phi) is 5.60. The van der Waals surface area contributed by atoms with E-state index in [1.807, 2.05) is 30.3 Å². The number of hydrogen-bond acceptors (Lipinski definition) is 3. The fourth-order valence-corrected chi connectivity index (χ4v) is 2.40. The second kappa shape index (κ2) is 7.67. The van der Waals surface area contributed by atoms with Crippen LogP contribution in [0.1, 0.15) is 38.2 Å². The van der Waals surface area contributed by atoms with Crippen molar-refractivity contribution in [3.63, 3.8) is 0 Å². The van der Waals surface area contributed by atoms with Crippen molar-refractivity contribution in [2.45, 2.75) is 51.3 Å². The molecule has 5 heteroatoms. The summed E-state index contributed by atoms with van der Waals surface area (Å²) in [6.45, 7) is 1.86. The number of alkyl carbamates (subject to hydrolysis) is 1. The van der Waals surface area contributed by atoms with E-state index in [0.717, 1.165) is 31.2 Å². The lowest BCUT2D eigenvalue weighted by Gasteiger charge is -2.17. The molecular weight excluding hydrogens is 268 g/mol. The third kappa shape index (κ3) is 5.10. The van der Waals surface area contributed by atoms with Gasteiger partial charge in [0.1, 0.15) is 12.6 Å². The molecule has 1 aromatic carbocycles. The molecule has 1 aliphatic carbocycles. The molecule has 0 aliphatic heterocycles. The van der Waals surface area contributed by atoms with E-state index < -0.39 is 12.1 Å². The average molecular weight is 290 g/mol. The summed E-state index contributed by atoms with van der Waals surface area (Å²) in [7, 11) is 0. The second-order valence-corrected chi connectivity index (χ2v) is 5.42. The lowest BCUT2D eigenvalue weighted by atomic mass is 10.2. The molecule has 0 saturated heterocycles. The fraction of sp³-hybridized carbons (Fsp3) is 0.500. The zero-order chi connectivity index (χ0) is 15.1. The third-order valence-electron chi connectivity index (χ3n) is 3.64. The van der Waals surface area contributed by atoms with E-state index in [1.165, 1.54) is 0 Å². The molecule has 0 radical (unpaired) electrons. The molecule has 1 aliphatic rings. The van der Waals surface area contributed by atoms with Gasteiger partial charge in [-0.25, -0.2) is 4.79 Å². The lowest BCUT2D eigenvalue weighted by Crippen LogP contribution is -2.47. The number of carbonyl (C=O) groups is 2. The molecule has 2 amide bonds. The minimum Gasteiger partial charge on any atom is -0.445 e. The van der Waals surface area contributed by atoms with Gasteiger partial charge in [0.25, 0.3) is 0 Å². The van der Waals surface area contributed by atoms with Crippen LogP contribution < -0.4 is 10.6 Å². The normalized spacial score (nSPS) is 16.2. The van der Waals surface area contributed by atoms with Crippen LogP contribution in [0, 0.1) is 0 Å². The van der Waals surface area contributed by atoms with Crippen molar-refractivity contribution >= 4 is 12.0 Å². The monoisotopic (exact) mass is 290 g/mol. The van der Waals surface area contributed by atoms with Gasteiger partial charge >= 0.3 is 6.09 Å². The maximum atomic E-state index is 11.9. The van der Waals surface area contributed by atoms with Crippen LogP contribution in [0.2, 0.25) is 0 Å². The molecule has 0 aromatic heterocycles. The SMILES string of the molecule is C[C@H](NC(=O)OCc1ccccc1)C(=O)NC1CCCC1. The van der Waals surface area contributed by atoms with E-state index >= 15 is 0 Å². The first-order chi connectivity index (χ1) is 10.1. The quantitative estimate of drug-likeness (QED) is 0.874. The summed E-state index contributed by atoms with van der Waals surface area (Å²) in [4.78, 5) is 23.6. The molecule has 21 heavy (non-hydrogen) atoms. The zero-order valence-electron chi connectivity index (χ0n) is 12.3. The highest BCUT2D eigenvalue weighted by molar-refractivity contribution is 5.85.